The Morgan fingerprint density at radius 1 is 1.37 bits per heavy atom. The van der Waals surface area contributed by atoms with E-state index in [-0.39, 0.29) is 5.75 Å². The number of hydrogen-bond acceptors (Lipinski definition) is 4. The molecule has 1 aromatic carbocycles. The third-order valence-corrected chi connectivity index (χ3v) is 4.05. The lowest BCUT2D eigenvalue weighted by atomic mass is 10.2. The van der Waals surface area contributed by atoms with Gasteiger partial charge in [-0.1, -0.05) is 19.9 Å². The number of nitrogens with one attached hydrogen (secondary N) is 1. The monoisotopic (exact) mass is 285 g/mol. The van der Waals surface area contributed by atoms with Crippen LogP contribution in [0.25, 0.3) is 0 Å². The van der Waals surface area contributed by atoms with Crippen LogP contribution in [0.3, 0.4) is 0 Å². The zero-order valence-corrected chi connectivity index (χ0v) is 12.6. The first kappa shape index (κ1) is 16.1. The molecule has 0 aliphatic rings. The molecule has 0 saturated heterocycles. The number of ether oxygens (including phenoxy) is 1. The summed E-state index contributed by atoms with van der Waals surface area (Å²) in [5, 5.41) is 13.0. The van der Waals surface area contributed by atoms with Crippen LogP contribution in [0.1, 0.15) is 13.8 Å². The predicted octanol–water partition coefficient (Wildman–Crippen LogP) is 1.41. The van der Waals surface area contributed by atoms with Crippen LogP contribution >= 0.6 is 0 Å². The third-order valence-electron chi connectivity index (χ3n) is 2.58. The molecular formula is C14H23NO3S. The number of rotatable bonds is 8. The van der Waals surface area contributed by atoms with E-state index in [2.05, 4.69) is 19.2 Å². The van der Waals surface area contributed by atoms with Crippen molar-refractivity contribution in [3.8, 4) is 5.75 Å². The Balaban J connectivity index is 2.45. The first-order valence-corrected chi connectivity index (χ1v) is 7.76. The molecule has 0 fully saturated rings. The van der Waals surface area contributed by atoms with Crippen LogP contribution in [-0.4, -0.2) is 41.4 Å². The van der Waals surface area contributed by atoms with Crippen LogP contribution in [0, 0.1) is 5.92 Å². The van der Waals surface area contributed by atoms with Gasteiger partial charge in [0.05, 0.1) is 29.8 Å². The van der Waals surface area contributed by atoms with Crippen LogP contribution in [0.2, 0.25) is 0 Å². The van der Waals surface area contributed by atoms with Crippen LogP contribution in [0.4, 0.5) is 0 Å². The fourth-order valence-electron chi connectivity index (χ4n) is 1.61. The normalized spacial score (nSPS) is 14.4. The number of aliphatic hydroxyl groups is 1. The minimum Gasteiger partial charge on any atom is -0.497 e. The van der Waals surface area contributed by atoms with Gasteiger partial charge in [-0.3, -0.25) is 4.21 Å². The fraction of sp³-hybridized carbons (Fsp3) is 0.571. The molecule has 0 amide bonds. The van der Waals surface area contributed by atoms with Crippen LogP contribution < -0.4 is 10.1 Å². The van der Waals surface area contributed by atoms with E-state index in [1.807, 2.05) is 0 Å². The molecular weight excluding hydrogens is 262 g/mol. The minimum atomic E-state index is -1.21. The van der Waals surface area contributed by atoms with E-state index < -0.39 is 16.9 Å². The van der Waals surface area contributed by atoms with Crippen LogP contribution in [-0.2, 0) is 10.8 Å². The van der Waals surface area contributed by atoms with E-state index in [4.69, 9.17) is 4.74 Å². The van der Waals surface area contributed by atoms with Gasteiger partial charge in [0.25, 0.3) is 0 Å². The van der Waals surface area contributed by atoms with Crippen molar-refractivity contribution in [3.63, 3.8) is 0 Å². The topological polar surface area (TPSA) is 58.6 Å². The zero-order chi connectivity index (χ0) is 14.3. The molecule has 2 N–H and O–H groups in total. The lowest BCUT2D eigenvalue weighted by Gasteiger charge is -2.13. The van der Waals surface area contributed by atoms with E-state index in [0.29, 0.717) is 23.1 Å². The predicted molar refractivity (Wildman–Crippen MR) is 78.0 cm³/mol. The van der Waals surface area contributed by atoms with Crippen molar-refractivity contribution in [2.75, 3.05) is 26.0 Å². The molecule has 2 atom stereocenters. The van der Waals surface area contributed by atoms with Gasteiger partial charge in [-0.05, 0) is 30.7 Å². The summed E-state index contributed by atoms with van der Waals surface area (Å²) in [4.78, 5) is 0.683. The zero-order valence-electron chi connectivity index (χ0n) is 11.8. The molecule has 0 spiro atoms. The lowest BCUT2D eigenvalue weighted by molar-refractivity contribution is 0.193. The van der Waals surface area contributed by atoms with E-state index in [0.717, 1.165) is 6.54 Å². The summed E-state index contributed by atoms with van der Waals surface area (Å²) in [7, 11) is 0.367. The van der Waals surface area contributed by atoms with Crippen molar-refractivity contribution in [3.05, 3.63) is 24.3 Å². The van der Waals surface area contributed by atoms with Crippen LogP contribution in [0.15, 0.2) is 29.2 Å². The van der Waals surface area contributed by atoms with E-state index in [1.165, 1.54) is 0 Å². The molecule has 19 heavy (non-hydrogen) atoms. The molecule has 0 aromatic heterocycles. The molecule has 0 aliphatic carbocycles. The van der Waals surface area contributed by atoms with Gasteiger partial charge in [-0.15, -0.1) is 0 Å². The van der Waals surface area contributed by atoms with Crippen molar-refractivity contribution < 1.29 is 14.1 Å². The van der Waals surface area contributed by atoms with Crippen molar-refractivity contribution in [2.24, 2.45) is 5.92 Å². The van der Waals surface area contributed by atoms with Crippen molar-refractivity contribution in [2.45, 2.75) is 24.8 Å². The Kier molecular flexibility index (Phi) is 7.05. The molecule has 0 saturated carbocycles. The standard InChI is InChI=1S/C14H23NO3S/c1-11(2)8-15-9-12(16)10-19(17)14-6-4-5-13(7-14)18-3/h4-7,11-12,15-16H,8-10H2,1-3H3. The summed E-state index contributed by atoms with van der Waals surface area (Å²) in [6.45, 7) is 5.53. The minimum absolute atomic E-state index is 0.234. The maximum absolute atomic E-state index is 12.1. The summed E-state index contributed by atoms with van der Waals surface area (Å²) in [6, 6.07) is 7.13. The Labute approximate surface area is 117 Å². The van der Waals surface area contributed by atoms with Crippen LogP contribution in [0.5, 0.6) is 5.75 Å². The van der Waals surface area contributed by atoms with E-state index in [9.17, 15) is 9.32 Å². The summed E-state index contributed by atoms with van der Waals surface area (Å²) in [5.41, 5.74) is 0. The summed E-state index contributed by atoms with van der Waals surface area (Å²) >= 11 is 0. The second-order valence-corrected chi connectivity index (χ2v) is 6.39. The molecule has 5 heteroatoms. The van der Waals surface area contributed by atoms with Gasteiger partial charge in [0.15, 0.2) is 0 Å². The van der Waals surface area contributed by atoms with Gasteiger partial charge in [0.1, 0.15) is 5.75 Å². The lowest BCUT2D eigenvalue weighted by Crippen LogP contribution is -2.32. The first-order valence-electron chi connectivity index (χ1n) is 6.44. The maximum Gasteiger partial charge on any atom is 0.120 e. The molecule has 108 valence electrons. The highest BCUT2D eigenvalue weighted by atomic mass is 32.2. The third kappa shape index (κ3) is 6.18. The van der Waals surface area contributed by atoms with Gasteiger partial charge in [-0.25, -0.2) is 0 Å². The molecule has 2 unspecified atom stereocenters. The summed E-state index contributed by atoms with van der Waals surface area (Å²) in [6.07, 6.45) is -0.606. The highest BCUT2D eigenvalue weighted by Gasteiger charge is 2.12. The highest BCUT2D eigenvalue weighted by Crippen LogP contribution is 2.16. The second-order valence-electron chi connectivity index (χ2n) is 4.90. The number of hydrogen-bond donors (Lipinski definition) is 2. The molecule has 0 bridgehead atoms. The smallest absolute Gasteiger partial charge is 0.120 e. The van der Waals surface area contributed by atoms with Gasteiger partial charge < -0.3 is 15.2 Å². The SMILES string of the molecule is COc1cccc(S(=O)CC(O)CNCC(C)C)c1. The molecule has 1 rings (SSSR count). The van der Waals surface area contributed by atoms with Gasteiger partial charge in [-0.2, -0.15) is 0 Å². The Morgan fingerprint density at radius 3 is 2.74 bits per heavy atom. The van der Waals surface area contributed by atoms with Gasteiger partial charge in [0, 0.05) is 11.4 Å². The highest BCUT2D eigenvalue weighted by molar-refractivity contribution is 7.85. The molecule has 0 radical (unpaired) electrons. The number of aliphatic hydroxyl groups excluding tert-OH is 1. The van der Waals surface area contributed by atoms with E-state index in [1.54, 1.807) is 31.4 Å². The van der Waals surface area contributed by atoms with Gasteiger partial charge in [0.2, 0.25) is 0 Å². The summed E-state index contributed by atoms with van der Waals surface area (Å²) in [5.74, 6) is 1.45. The number of methoxy groups -OCH3 is 1. The van der Waals surface area contributed by atoms with Crippen molar-refractivity contribution >= 4 is 10.8 Å². The van der Waals surface area contributed by atoms with Crippen molar-refractivity contribution in [1.29, 1.82) is 0 Å². The molecule has 1 aromatic rings. The molecule has 0 aliphatic heterocycles. The summed E-state index contributed by atoms with van der Waals surface area (Å²) < 4.78 is 17.2. The molecule has 4 nitrogen and oxygen atoms in total. The Bertz CT molecular complexity index is 409. The average Bonchev–Trinajstić information content (AvgIpc) is 2.38. The fourth-order valence-corrected chi connectivity index (χ4v) is 2.75. The first-order chi connectivity index (χ1) is 9.02. The van der Waals surface area contributed by atoms with Crippen molar-refractivity contribution in [1.82, 2.24) is 5.32 Å². The number of benzene rings is 1. The quantitative estimate of drug-likeness (QED) is 0.758. The van der Waals surface area contributed by atoms with Gasteiger partial charge >= 0.3 is 0 Å². The molecule has 0 heterocycles. The second kappa shape index (κ2) is 8.30. The average molecular weight is 285 g/mol. The Morgan fingerprint density at radius 2 is 2.11 bits per heavy atom. The van der Waals surface area contributed by atoms with E-state index >= 15 is 0 Å². The maximum atomic E-state index is 12.1. The Hall–Kier alpha value is -0.910. The largest absolute Gasteiger partial charge is 0.497 e.